The number of aromatic nitrogens is 2. The van der Waals surface area contributed by atoms with Crippen LogP contribution in [0.2, 0.25) is 0 Å². The molecule has 1 heterocycles. The number of amides is 1. The molecule has 3 rings (SSSR count). The third-order valence-corrected chi connectivity index (χ3v) is 4.68. The average molecular weight is 437 g/mol. The number of hydrogen-bond donors (Lipinski definition) is 2. The maximum absolute atomic E-state index is 12.0. The predicted molar refractivity (Wildman–Crippen MR) is 121 cm³/mol. The second kappa shape index (κ2) is 11.7. The molecule has 2 aromatic carbocycles. The molecule has 0 aliphatic rings. The minimum absolute atomic E-state index is 0.242. The maximum Gasteiger partial charge on any atom is 0.271 e. The van der Waals surface area contributed by atoms with Gasteiger partial charge in [-0.2, -0.15) is 0 Å². The molecule has 0 bridgehead atoms. The summed E-state index contributed by atoms with van der Waals surface area (Å²) < 4.78 is 16.6. The van der Waals surface area contributed by atoms with E-state index in [1.54, 1.807) is 12.1 Å². The molecule has 0 fully saturated rings. The third kappa shape index (κ3) is 6.68. The van der Waals surface area contributed by atoms with Gasteiger partial charge in [0, 0.05) is 12.6 Å². The highest BCUT2D eigenvalue weighted by Crippen LogP contribution is 2.27. The highest BCUT2D eigenvalue weighted by molar-refractivity contribution is 5.92. The Balaban J connectivity index is 1.39. The molecule has 168 valence electrons. The van der Waals surface area contributed by atoms with Gasteiger partial charge in [-0.25, -0.2) is 0 Å². The minimum atomic E-state index is -0.284. The Hall–Kier alpha value is -3.65. The number of rotatable bonds is 11. The van der Waals surface area contributed by atoms with Crippen molar-refractivity contribution in [3.63, 3.8) is 0 Å². The van der Waals surface area contributed by atoms with Crippen LogP contribution in [0, 0.1) is 6.92 Å². The van der Waals surface area contributed by atoms with Crippen molar-refractivity contribution in [2.75, 3.05) is 26.8 Å². The summed E-state index contributed by atoms with van der Waals surface area (Å²) in [6.45, 7) is 3.58. The molecule has 0 saturated heterocycles. The summed E-state index contributed by atoms with van der Waals surface area (Å²) in [6.07, 6.45) is 1.51. The molecule has 3 aromatic rings. The van der Waals surface area contributed by atoms with Crippen LogP contribution in [0.4, 0.5) is 0 Å². The number of nitrogens with two attached hydrogens (primary N) is 1. The van der Waals surface area contributed by atoms with Crippen molar-refractivity contribution in [2.45, 2.75) is 19.8 Å². The topological polar surface area (TPSA) is 109 Å². The van der Waals surface area contributed by atoms with Gasteiger partial charge in [-0.1, -0.05) is 12.1 Å². The molecular weight excluding hydrogens is 408 g/mol. The Morgan fingerprint density at radius 2 is 1.81 bits per heavy atom. The number of carbonyl (C=O) groups is 1. The van der Waals surface area contributed by atoms with Crippen molar-refractivity contribution in [1.82, 2.24) is 15.5 Å². The third-order valence-electron chi connectivity index (χ3n) is 4.68. The van der Waals surface area contributed by atoms with Gasteiger partial charge in [-0.3, -0.25) is 4.79 Å². The van der Waals surface area contributed by atoms with Crippen molar-refractivity contribution in [3.8, 4) is 23.1 Å². The lowest BCUT2D eigenvalue weighted by molar-refractivity contribution is 0.0945. The van der Waals surface area contributed by atoms with Crippen molar-refractivity contribution in [3.05, 3.63) is 71.4 Å². The van der Waals surface area contributed by atoms with Crippen LogP contribution < -0.4 is 25.3 Å². The first kappa shape index (κ1) is 23.0. The first-order chi connectivity index (χ1) is 15.6. The quantitative estimate of drug-likeness (QED) is 0.444. The van der Waals surface area contributed by atoms with Crippen molar-refractivity contribution in [1.29, 1.82) is 0 Å². The normalized spacial score (nSPS) is 10.5. The van der Waals surface area contributed by atoms with Gasteiger partial charge in [0.05, 0.1) is 13.7 Å². The van der Waals surface area contributed by atoms with Gasteiger partial charge < -0.3 is 25.3 Å². The number of nitrogens with zero attached hydrogens (tertiary/aromatic N) is 2. The molecule has 0 atom stereocenters. The molecule has 0 saturated carbocycles. The molecule has 32 heavy (non-hydrogen) atoms. The zero-order chi connectivity index (χ0) is 22.8. The van der Waals surface area contributed by atoms with Gasteiger partial charge in [-0.15, -0.1) is 10.2 Å². The van der Waals surface area contributed by atoms with E-state index in [4.69, 9.17) is 19.9 Å². The van der Waals surface area contributed by atoms with E-state index in [1.165, 1.54) is 12.7 Å². The second-order valence-corrected chi connectivity index (χ2v) is 7.13. The Morgan fingerprint density at radius 1 is 1.03 bits per heavy atom. The van der Waals surface area contributed by atoms with Crippen molar-refractivity contribution in [2.24, 2.45) is 5.73 Å². The first-order valence-electron chi connectivity index (χ1n) is 10.5. The fourth-order valence-electron chi connectivity index (χ4n) is 2.98. The number of nitrogens with one attached hydrogen (secondary N) is 1. The fraction of sp³-hybridized carbons (Fsp3) is 0.292. The van der Waals surface area contributed by atoms with Crippen LogP contribution in [0.5, 0.6) is 23.1 Å². The van der Waals surface area contributed by atoms with Gasteiger partial charge >= 0.3 is 0 Å². The lowest BCUT2D eigenvalue weighted by atomic mass is 10.1. The zero-order valence-corrected chi connectivity index (χ0v) is 18.3. The zero-order valence-electron chi connectivity index (χ0n) is 18.3. The highest BCUT2D eigenvalue weighted by Gasteiger charge is 2.08. The molecule has 3 N–H and O–H groups in total. The Kier molecular flexibility index (Phi) is 8.39. The van der Waals surface area contributed by atoms with Crippen LogP contribution in [0.25, 0.3) is 0 Å². The molecule has 0 spiro atoms. The monoisotopic (exact) mass is 436 g/mol. The number of aryl methyl sites for hydroxylation is 1. The van der Waals surface area contributed by atoms with Gasteiger partial charge in [0.25, 0.3) is 5.91 Å². The summed E-state index contributed by atoms with van der Waals surface area (Å²) in [5.41, 5.74) is 8.13. The molecule has 0 aliphatic carbocycles. The molecule has 0 unspecified atom stereocenters. The predicted octanol–water partition coefficient (Wildman–Crippen LogP) is 3.29. The van der Waals surface area contributed by atoms with Gasteiger partial charge in [0.15, 0.2) is 5.69 Å². The van der Waals surface area contributed by atoms with E-state index in [9.17, 15) is 4.79 Å². The lowest BCUT2D eigenvalue weighted by Crippen LogP contribution is -2.26. The lowest BCUT2D eigenvalue weighted by Gasteiger charge is -2.11. The van der Waals surface area contributed by atoms with Crippen molar-refractivity contribution < 1.29 is 19.0 Å². The molecule has 8 nitrogen and oxygen atoms in total. The summed E-state index contributed by atoms with van der Waals surface area (Å²) >= 11 is 0. The van der Waals surface area contributed by atoms with E-state index in [-0.39, 0.29) is 11.6 Å². The van der Waals surface area contributed by atoms with E-state index < -0.39 is 0 Å². The fourth-order valence-corrected chi connectivity index (χ4v) is 2.98. The summed E-state index contributed by atoms with van der Waals surface area (Å²) in [4.78, 5) is 12.0. The van der Waals surface area contributed by atoms with E-state index in [2.05, 4.69) is 21.6 Å². The van der Waals surface area contributed by atoms with E-state index in [0.717, 1.165) is 29.2 Å². The number of carbonyl (C=O) groups excluding carboxylic acids is 1. The summed E-state index contributed by atoms with van der Waals surface area (Å²) in [6, 6.07) is 16.7. The molecule has 0 aliphatic heterocycles. The number of ether oxygens (including phenoxy) is 3. The van der Waals surface area contributed by atoms with Gasteiger partial charge in [0.1, 0.15) is 17.2 Å². The average Bonchev–Trinajstić information content (AvgIpc) is 2.82. The Bertz CT molecular complexity index is 1010. The minimum Gasteiger partial charge on any atom is -0.494 e. The van der Waals surface area contributed by atoms with Crippen LogP contribution in [-0.4, -0.2) is 42.9 Å². The van der Waals surface area contributed by atoms with E-state index in [1.807, 2.05) is 43.3 Å². The number of methoxy groups -OCH3 is 1. The second-order valence-electron chi connectivity index (χ2n) is 7.13. The summed E-state index contributed by atoms with van der Waals surface area (Å²) in [5, 5.41) is 10.4. The first-order valence-corrected chi connectivity index (χ1v) is 10.5. The number of hydrogen-bond acceptors (Lipinski definition) is 7. The van der Waals surface area contributed by atoms with E-state index in [0.29, 0.717) is 32.0 Å². The SMILES string of the molecule is COc1ccc(C(=O)NCCCOc2ccc(Oc3ccc(CCN)cc3C)cc2)nn1. The van der Waals surface area contributed by atoms with Crippen LogP contribution in [-0.2, 0) is 6.42 Å². The van der Waals surface area contributed by atoms with Crippen LogP contribution >= 0.6 is 0 Å². The summed E-state index contributed by atoms with van der Waals surface area (Å²) in [5.74, 6) is 2.37. The molecular formula is C24H28N4O4. The van der Waals surface area contributed by atoms with Gasteiger partial charge in [-0.05, 0) is 73.8 Å². The van der Waals surface area contributed by atoms with E-state index >= 15 is 0 Å². The maximum atomic E-state index is 12.0. The standard InChI is InChI=1S/C24H28N4O4/c1-17-16-18(12-13-25)4-10-22(17)32-20-7-5-19(6-8-20)31-15-3-14-26-24(29)21-9-11-23(30-2)28-27-21/h4-11,16H,3,12-15,25H2,1-2H3,(H,26,29). The summed E-state index contributed by atoms with van der Waals surface area (Å²) in [7, 11) is 1.49. The Labute approximate surface area is 187 Å². The molecule has 1 aromatic heterocycles. The number of benzene rings is 2. The van der Waals surface area contributed by atoms with Crippen LogP contribution in [0.1, 0.15) is 28.0 Å². The molecule has 1 amide bonds. The molecule has 8 heteroatoms. The Morgan fingerprint density at radius 3 is 2.47 bits per heavy atom. The van der Waals surface area contributed by atoms with Crippen LogP contribution in [0.3, 0.4) is 0 Å². The van der Waals surface area contributed by atoms with Crippen molar-refractivity contribution >= 4 is 5.91 Å². The molecule has 0 radical (unpaired) electrons. The largest absolute Gasteiger partial charge is 0.494 e. The highest BCUT2D eigenvalue weighted by atomic mass is 16.5. The smallest absolute Gasteiger partial charge is 0.271 e. The van der Waals surface area contributed by atoms with Gasteiger partial charge in [0.2, 0.25) is 5.88 Å². The van der Waals surface area contributed by atoms with Crippen LogP contribution in [0.15, 0.2) is 54.6 Å².